The van der Waals surface area contributed by atoms with Gasteiger partial charge in [-0.05, 0) is 42.0 Å². The van der Waals surface area contributed by atoms with Crippen LogP contribution >= 0.6 is 11.6 Å². The summed E-state index contributed by atoms with van der Waals surface area (Å²) in [4.78, 5) is 13.7. The van der Waals surface area contributed by atoms with E-state index in [0.29, 0.717) is 22.9 Å². The van der Waals surface area contributed by atoms with Gasteiger partial charge < -0.3 is 9.64 Å². The Bertz CT molecular complexity index is 731. The molecule has 2 aromatic rings. The van der Waals surface area contributed by atoms with Gasteiger partial charge in [0.1, 0.15) is 11.6 Å². The quantitative estimate of drug-likeness (QED) is 0.769. The van der Waals surface area contributed by atoms with Crippen molar-refractivity contribution >= 4 is 23.6 Å². The van der Waals surface area contributed by atoms with Gasteiger partial charge in [0.2, 0.25) is 5.91 Å². The van der Waals surface area contributed by atoms with E-state index in [1.165, 1.54) is 23.1 Å². The van der Waals surface area contributed by atoms with Crippen LogP contribution in [0.4, 0.5) is 4.39 Å². The number of hydrogen-bond donors (Lipinski definition) is 0. The summed E-state index contributed by atoms with van der Waals surface area (Å²) in [6.45, 7) is 0.357. The highest BCUT2D eigenvalue weighted by Crippen LogP contribution is 2.23. The first-order valence-electron chi connectivity index (χ1n) is 7.01. The number of hydrogen-bond acceptors (Lipinski definition) is 2. The second-order valence-corrected chi connectivity index (χ2v) is 5.48. The van der Waals surface area contributed by atoms with Crippen LogP contribution in [-0.2, 0) is 11.3 Å². The van der Waals surface area contributed by atoms with E-state index in [-0.39, 0.29) is 11.7 Å². The van der Waals surface area contributed by atoms with E-state index < -0.39 is 0 Å². The number of methoxy groups -OCH3 is 1. The summed E-state index contributed by atoms with van der Waals surface area (Å²) < 4.78 is 18.4. The number of rotatable bonds is 5. The molecule has 0 atom stereocenters. The fourth-order valence-corrected chi connectivity index (χ4v) is 2.30. The lowest BCUT2D eigenvalue weighted by Gasteiger charge is -2.17. The maximum Gasteiger partial charge on any atom is 0.246 e. The molecule has 0 saturated carbocycles. The average Bonchev–Trinajstić information content (AvgIpc) is 2.53. The molecule has 1 amide bonds. The molecule has 0 N–H and O–H groups in total. The monoisotopic (exact) mass is 333 g/mol. The van der Waals surface area contributed by atoms with Gasteiger partial charge in [-0.1, -0.05) is 23.7 Å². The van der Waals surface area contributed by atoms with E-state index in [2.05, 4.69) is 0 Å². The molecule has 3 nitrogen and oxygen atoms in total. The Balaban J connectivity index is 2.07. The minimum Gasteiger partial charge on any atom is -0.496 e. The van der Waals surface area contributed by atoms with Crippen molar-refractivity contribution in [1.82, 2.24) is 4.90 Å². The molecule has 0 fully saturated rings. The first kappa shape index (κ1) is 17.0. The molecular weight excluding hydrogens is 317 g/mol. The van der Waals surface area contributed by atoms with Crippen molar-refractivity contribution < 1.29 is 13.9 Å². The zero-order valence-electron chi connectivity index (χ0n) is 12.9. The fourth-order valence-electron chi connectivity index (χ4n) is 2.11. The van der Waals surface area contributed by atoms with Crippen LogP contribution in [0.1, 0.15) is 11.1 Å². The molecule has 2 aromatic carbocycles. The maximum absolute atomic E-state index is 13.1. The third kappa shape index (κ3) is 4.83. The van der Waals surface area contributed by atoms with Crippen LogP contribution in [0.15, 0.2) is 48.5 Å². The second kappa shape index (κ2) is 7.79. The smallest absolute Gasteiger partial charge is 0.246 e. The van der Waals surface area contributed by atoms with Crippen LogP contribution in [0.2, 0.25) is 5.02 Å². The Hall–Kier alpha value is -2.33. The molecule has 5 heteroatoms. The molecule has 0 unspecified atom stereocenters. The Kier molecular flexibility index (Phi) is 5.77. The molecule has 0 aliphatic heterocycles. The SMILES string of the molecule is COc1ccc(Cl)cc1CN(C)C(=O)/C=C/c1cccc(F)c1. The molecular formula is C18H17ClFNO2. The van der Waals surface area contributed by atoms with Gasteiger partial charge in [-0.25, -0.2) is 4.39 Å². The lowest BCUT2D eigenvalue weighted by Crippen LogP contribution is -2.24. The summed E-state index contributed by atoms with van der Waals surface area (Å²) in [6.07, 6.45) is 2.99. The Morgan fingerprint density at radius 2 is 2.09 bits per heavy atom. The molecule has 120 valence electrons. The zero-order valence-corrected chi connectivity index (χ0v) is 13.7. The van der Waals surface area contributed by atoms with E-state index in [4.69, 9.17) is 16.3 Å². The van der Waals surface area contributed by atoms with Gasteiger partial charge in [0.25, 0.3) is 0 Å². The number of carbonyl (C=O) groups is 1. The van der Waals surface area contributed by atoms with Crippen LogP contribution in [0.25, 0.3) is 6.08 Å². The molecule has 0 bridgehead atoms. The molecule has 23 heavy (non-hydrogen) atoms. The van der Waals surface area contributed by atoms with Gasteiger partial charge in [0.15, 0.2) is 0 Å². The Morgan fingerprint density at radius 3 is 2.78 bits per heavy atom. The van der Waals surface area contributed by atoms with Crippen molar-refractivity contribution in [1.29, 1.82) is 0 Å². The summed E-state index contributed by atoms with van der Waals surface area (Å²) in [5, 5.41) is 0.581. The van der Waals surface area contributed by atoms with Crippen LogP contribution in [0.5, 0.6) is 5.75 Å². The summed E-state index contributed by atoms with van der Waals surface area (Å²) in [5.41, 5.74) is 1.45. The van der Waals surface area contributed by atoms with Gasteiger partial charge in [-0.3, -0.25) is 4.79 Å². The average molecular weight is 334 g/mol. The molecule has 0 aliphatic carbocycles. The Labute approximate surface area is 139 Å². The number of halogens is 2. The minimum atomic E-state index is -0.336. The highest BCUT2D eigenvalue weighted by Gasteiger charge is 2.10. The number of amides is 1. The lowest BCUT2D eigenvalue weighted by atomic mass is 10.2. The summed E-state index contributed by atoms with van der Waals surface area (Å²) in [5.74, 6) is 0.135. The topological polar surface area (TPSA) is 29.5 Å². The highest BCUT2D eigenvalue weighted by molar-refractivity contribution is 6.30. The van der Waals surface area contributed by atoms with Crippen LogP contribution in [0.3, 0.4) is 0 Å². The number of ether oxygens (including phenoxy) is 1. The molecule has 2 rings (SSSR count). The number of benzene rings is 2. The highest BCUT2D eigenvalue weighted by atomic mass is 35.5. The van der Waals surface area contributed by atoms with E-state index in [9.17, 15) is 9.18 Å². The van der Waals surface area contributed by atoms with E-state index in [0.717, 1.165) is 5.56 Å². The van der Waals surface area contributed by atoms with E-state index >= 15 is 0 Å². The second-order valence-electron chi connectivity index (χ2n) is 5.04. The van der Waals surface area contributed by atoms with Gasteiger partial charge in [0, 0.05) is 30.3 Å². The third-order valence-electron chi connectivity index (χ3n) is 3.29. The van der Waals surface area contributed by atoms with Gasteiger partial charge in [-0.15, -0.1) is 0 Å². The summed E-state index contributed by atoms with van der Waals surface area (Å²) >= 11 is 5.98. The van der Waals surface area contributed by atoms with Crippen molar-refractivity contribution in [3.63, 3.8) is 0 Å². The number of carbonyl (C=O) groups excluding carboxylic acids is 1. The minimum absolute atomic E-state index is 0.198. The first-order valence-corrected chi connectivity index (χ1v) is 7.38. The van der Waals surface area contributed by atoms with Crippen molar-refractivity contribution in [2.75, 3.05) is 14.2 Å². The largest absolute Gasteiger partial charge is 0.496 e. The van der Waals surface area contributed by atoms with E-state index in [1.807, 2.05) is 0 Å². The van der Waals surface area contributed by atoms with Gasteiger partial charge in [0.05, 0.1) is 7.11 Å². The predicted octanol–water partition coefficient (Wildman–Crippen LogP) is 4.16. The zero-order chi connectivity index (χ0) is 16.8. The first-order chi connectivity index (χ1) is 11.0. The molecule has 0 spiro atoms. The van der Waals surface area contributed by atoms with Crippen molar-refractivity contribution in [2.45, 2.75) is 6.54 Å². The Morgan fingerprint density at radius 1 is 1.30 bits per heavy atom. The van der Waals surface area contributed by atoms with Crippen molar-refractivity contribution in [3.8, 4) is 5.75 Å². The van der Waals surface area contributed by atoms with Crippen LogP contribution in [0, 0.1) is 5.82 Å². The summed E-state index contributed by atoms with van der Waals surface area (Å²) in [7, 11) is 3.25. The molecule has 0 saturated heterocycles. The fraction of sp³-hybridized carbons (Fsp3) is 0.167. The molecule has 0 aliphatic rings. The molecule has 0 heterocycles. The third-order valence-corrected chi connectivity index (χ3v) is 3.53. The standard InChI is InChI=1S/C18H17ClFNO2/c1-21(12-14-11-15(19)7-8-17(14)23-2)18(22)9-6-13-4-3-5-16(20)10-13/h3-11H,12H2,1-2H3/b9-6+. The van der Waals surface area contributed by atoms with Crippen LogP contribution < -0.4 is 4.74 Å². The lowest BCUT2D eigenvalue weighted by molar-refractivity contribution is -0.125. The van der Waals surface area contributed by atoms with Crippen molar-refractivity contribution in [2.24, 2.45) is 0 Å². The summed E-state index contributed by atoms with van der Waals surface area (Å²) in [6, 6.07) is 11.3. The number of likely N-dealkylation sites (N-methyl/N-ethyl adjacent to an activating group) is 1. The van der Waals surface area contributed by atoms with Crippen LogP contribution in [-0.4, -0.2) is 25.0 Å². The predicted molar refractivity (Wildman–Crippen MR) is 89.9 cm³/mol. The number of nitrogens with zero attached hydrogens (tertiary/aromatic N) is 1. The van der Waals surface area contributed by atoms with E-state index in [1.54, 1.807) is 50.6 Å². The maximum atomic E-state index is 13.1. The van der Waals surface area contributed by atoms with Gasteiger partial charge in [-0.2, -0.15) is 0 Å². The molecule has 0 aromatic heterocycles. The van der Waals surface area contributed by atoms with Gasteiger partial charge >= 0.3 is 0 Å². The normalized spacial score (nSPS) is 10.8. The molecule has 0 radical (unpaired) electrons. The van der Waals surface area contributed by atoms with Crippen molar-refractivity contribution in [3.05, 3.63) is 70.5 Å².